The van der Waals surface area contributed by atoms with Crippen molar-refractivity contribution >= 4 is 11.6 Å². The minimum absolute atomic E-state index is 0.0679. The summed E-state index contributed by atoms with van der Waals surface area (Å²) in [6.45, 7) is 5.70. The first-order chi connectivity index (χ1) is 15.2. The Morgan fingerprint density at radius 3 is 2.32 bits per heavy atom. The number of piperazine rings is 1. The maximum atomic E-state index is 12.4. The van der Waals surface area contributed by atoms with Crippen LogP contribution >= 0.6 is 0 Å². The Morgan fingerprint density at radius 1 is 0.935 bits per heavy atom. The molecule has 2 saturated heterocycles. The van der Waals surface area contributed by atoms with Crippen LogP contribution in [0.25, 0.3) is 0 Å². The van der Waals surface area contributed by atoms with E-state index in [-0.39, 0.29) is 23.7 Å². The van der Waals surface area contributed by atoms with E-state index in [1.807, 2.05) is 11.0 Å². The van der Waals surface area contributed by atoms with E-state index in [1.54, 1.807) is 0 Å². The van der Waals surface area contributed by atoms with E-state index >= 15 is 0 Å². The lowest BCUT2D eigenvalue weighted by Gasteiger charge is -2.35. The Kier molecular flexibility index (Phi) is 7.25. The summed E-state index contributed by atoms with van der Waals surface area (Å²) >= 11 is 0. The quantitative estimate of drug-likeness (QED) is 0.709. The molecule has 31 heavy (non-hydrogen) atoms. The molecule has 0 bridgehead atoms. The molecule has 7 heteroatoms. The summed E-state index contributed by atoms with van der Waals surface area (Å²) in [7, 11) is 0. The molecule has 2 aliphatic rings. The van der Waals surface area contributed by atoms with Gasteiger partial charge in [-0.1, -0.05) is 31.0 Å². The summed E-state index contributed by atoms with van der Waals surface area (Å²) in [5, 5.41) is 0. The molecule has 1 aromatic heterocycles. The predicted molar refractivity (Wildman–Crippen MR) is 119 cm³/mol. The maximum absolute atomic E-state index is 12.4. The van der Waals surface area contributed by atoms with Crippen LogP contribution in [0.15, 0.2) is 51.9 Å². The molecule has 1 aromatic carbocycles. The average molecular weight is 426 g/mol. The molecule has 4 rings (SSSR count). The first kappa shape index (κ1) is 21.4. The van der Waals surface area contributed by atoms with E-state index in [0.29, 0.717) is 12.3 Å². The molecule has 3 heterocycles. The van der Waals surface area contributed by atoms with Crippen LogP contribution in [-0.2, 0) is 11.3 Å². The molecule has 2 fully saturated rings. The molecule has 7 nitrogen and oxygen atoms in total. The van der Waals surface area contributed by atoms with Crippen molar-refractivity contribution in [1.29, 1.82) is 0 Å². The Bertz CT molecular complexity index is 899. The standard InChI is InChI=1S/C24H31N3O4/c28-22-16-21(17-25-12-14-26(15-13-25)20-8-4-3-5-9-20)30-18-23(22)31-19-24(29)27-10-6-1-2-7-11-27/h3-5,8-9,16,18H,1-2,6-7,10-15,17,19H2. The Morgan fingerprint density at radius 2 is 1.65 bits per heavy atom. The Balaban J connectivity index is 1.26. The van der Waals surface area contributed by atoms with Gasteiger partial charge in [0, 0.05) is 51.0 Å². The van der Waals surface area contributed by atoms with Crippen LogP contribution in [0, 0.1) is 0 Å². The minimum Gasteiger partial charge on any atom is -0.477 e. The van der Waals surface area contributed by atoms with Gasteiger partial charge in [0.25, 0.3) is 5.91 Å². The average Bonchev–Trinajstić information content (AvgIpc) is 3.09. The van der Waals surface area contributed by atoms with Crippen LogP contribution in [0.5, 0.6) is 5.75 Å². The molecule has 166 valence electrons. The summed E-state index contributed by atoms with van der Waals surface area (Å²) in [6, 6.07) is 11.9. The van der Waals surface area contributed by atoms with E-state index in [2.05, 4.69) is 34.1 Å². The number of hydrogen-bond donors (Lipinski definition) is 0. The molecule has 0 radical (unpaired) electrons. The molecule has 1 amide bonds. The van der Waals surface area contributed by atoms with Crippen molar-refractivity contribution < 1.29 is 13.9 Å². The lowest BCUT2D eigenvalue weighted by Crippen LogP contribution is -2.46. The van der Waals surface area contributed by atoms with Gasteiger partial charge < -0.3 is 19.0 Å². The highest BCUT2D eigenvalue weighted by Crippen LogP contribution is 2.17. The third-order valence-electron chi connectivity index (χ3n) is 6.04. The molecule has 0 atom stereocenters. The summed E-state index contributed by atoms with van der Waals surface area (Å²) in [6.07, 6.45) is 5.73. The topological polar surface area (TPSA) is 66.2 Å². The molecular weight excluding hydrogens is 394 g/mol. The van der Waals surface area contributed by atoms with Crippen LogP contribution in [0.1, 0.15) is 31.4 Å². The molecule has 2 aromatic rings. The van der Waals surface area contributed by atoms with Gasteiger partial charge in [-0.2, -0.15) is 0 Å². The van der Waals surface area contributed by atoms with Gasteiger partial charge in [0.1, 0.15) is 12.0 Å². The SMILES string of the molecule is O=C(COc1coc(CN2CCN(c3ccccc3)CC2)cc1=O)N1CCCCCC1. The van der Waals surface area contributed by atoms with Gasteiger partial charge in [-0.15, -0.1) is 0 Å². The first-order valence-corrected chi connectivity index (χ1v) is 11.2. The largest absolute Gasteiger partial charge is 0.477 e. The zero-order chi connectivity index (χ0) is 21.5. The van der Waals surface area contributed by atoms with Crippen LogP contribution in [0.4, 0.5) is 5.69 Å². The zero-order valence-corrected chi connectivity index (χ0v) is 18.0. The number of carbonyl (C=O) groups excluding carboxylic acids is 1. The molecule has 2 aliphatic heterocycles. The summed E-state index contributed by atoms with van der Waals surface area (Å²) in [5.41, 5.74) is 0.998. The smallest absolute Gasteiger partial charge is 0.260 e. The van der Waals surface area contributed by atoms with Crippen LogP contribution < -0.4 is 15.1 Å². The number of para-hydroxylation sites is 1. The number of likely N-dealkylation sites (tertiary alicyclic amines) is 1. The van der Waals surface area contributed by atoms with Gasteiger partial charge >= 0.3 is 0 Å². The number of carbonyl (C=O) groups is 1. The Labute approximate surface area is 183 Å². The van der Waals surface area contributed by atoms with E-state index in [4.69, 9.17) is 9.15 Å². The Hall–Kier alpha value is -2.80. The van der Waals surface area contributed by atoms with Crippen molar-refractivity contribution in [3.8, 4) is 5.75 Å². The highest BCUT2D eigenvalue weighted by atomic mass is 16.5. The molecule has 0 saturated carbocycles. The summed E-state index contributed by atoms with van der Waals surface area (Å²) in [4.78, 5) is 31.3. The maximum Gasteiger partial charge on any atom is 0.260 e. The fraction of sp³-hybridized carbons (Fsp3) is 0.500. The molecular formula is C24H31N3O4. The summed E-state index contributed by atoms with van der Waals surface area (Å²) < 4.78 is 11.1. The van der Waals surface area contributed by atoms with Crippen molar-refractivity contribution in [3.63, 3.8) is 0 Å². The zero-order valence-electron chi connectivity index (χ0n) is 18.0. The van der Waals surface area contributed by atoms with Crippen LogP contribution in [0.3, 0.4) is 0 Å². The molecule has 0 spiro atoms. The fourth-order valence-corrected chi connectivity index (χ4v) is 4.20. The third kappa shape index (κ3) is 5.88. The van der Waals surface area contributed by atoms with E-state index in [9.17, 15) is 9.59 Å². The first-order valence-electron chi connectivity index (χ1n) is 11.2. The van der Waals surface area contributed by atoms with Gasteiger partial charge in [-0.05, 0) is 25.0 Å². The summed E-state index contributed by atoms with van der Waals surface area (Å²) in [5.74, 6) is 0.645. The van der Waals surface area contributed by atoms with Crippen molar-refractivity contribution in [1.82, 2.24) is 9.80 Å². The number of rotatable bonds is 6. The van der Waals surface area contributed by atoms with Gasteiger partial charge in [-0.25, -0.2) is 0 Å². The lowest BCUT2D eigenvalue weighted by molar-refractivity contribution is -0.133. The minimum atomic E-state index is -0.243. The van der Waals surface area contributed by atoms with E-state index < -0.39 is 0 Å². The molecule has 0 N–H and O–H groups in total. The normalized spacial score (nSPS) is 17.9. The number of ether oxygens (including phenoxy) is 1. The lowest BCUT2D eigenvalue weighted by atomic mass is 10.2. The third-order valence-corrected chi connectivity index (χ3v) is 6.04. The number of nitrogens with zero attached hydrogens (tertiary/aromatic N) is 3. The van der Waals surface area contributed by atoms with Gasteiger partial charge in [0.05, 0.1) is 6.54 Å². The second-order valence-corrected chi connectivity index (χ2v) is 8.26. The number of hydrogen-bond acceptors (Lipinski definition) is 6. The van der Waals surface area contributed by atoms with Crippen LogP contribution in [-0.4, -0.2) is 61.6 Å². The van der Waals surface area contributed by atoms with Crippen molar-refractivity contribution in [2.24, 2.45) is 0 Å². The van der Waals surface area contributed by atoms with Crippen molar-refractivity contribution in [2.45, 2.75) is 32.2 Å². The van der Waals surface area contributed by atoms with Crippen LogP contribution in [0.2, 0.25) is 0 Å². The van der Waals surface area contributed by atoms with Crippen molar-refractivity contribution in [3.05, 3.63) is 58.6 Å². The monoisotopic (exact) mass is 425 g/mol. The molecule has 0 aliphatic carbocycles. The molecule has 0 unspecified atom stereocenters. The van der Waals surface area contributed by atoms with Gasteiger partial charge in [-0.3, -0.25) is 14.5 Å². The second-order valence-electron chi connectivity index (χ2n) is 8.26. The fourth-order valence-electron chi connectivity index (χ4n) is 4.20. The van der Waals surface area contributed by atoms with E-state index in [0.717, 1.165) is 65.0 Å². The van der Waals surface area contributed by atoms with Gasteiger partial charge in [0.15, 0.2) is 6.61 Å². The second kappa shape index (κ2) is 10.5. The van der Waals surface area contributed by atoms with Gasteiger partial charge in [0.2, 0.25) is 11.2 Å². The number of benzene rings is 1. The van der Waals surface area contributed by atoms with E-state index in [1.165, 1.54) is 18.0 Å². The highest BCUT2D eigenvalue weighted by molar-refractivity contribution is 5.77. The van der Waals surface area contributed by atoms with Crippen molar-refractivity contribution in [2.75, 3.05) is 50.8 Å². The highest BCUT2D eigenvalue weighted by Gasteiger charge is 2.19. The number of anilines is 1. The number of amides is 1. The predicted octanol–water partition coefficient (Wildman–Crippen LogP) is 2.74.